The van der Waals surface area contributed by atoms with E-state index in [1.54, 1.807) is 6.20 Å². The number of aromatic nitrogens is 2. The molecular formula is C16H19BrN4O. The lowest BCUT2D eigenvalue weighted by atomic mass is 10.2. The van der Waals surface area contributed by atoms with Crippen molar-refractivity contribution in [1.82, 2.24) is 9.78 Å². The normalized spacial score (nSPS) is 15.0. The van der Waals surface area contributed by atoms with E-state index in [4.69, 9.17) is 0 Å². The van der Waals surface area contributed by atoms with Gasteiger partial charge in [-0.05, 0) is 37.1 Å². The predicted molar refractivity (Wildman–Crippen MR) is 91.0 cm³/mol. The Balaban J connectivity index is 1.55. The number of benzene rings is 1. The van der Waals surface area contributed by atoms with Crippen LogP contribution in [0.25, 0.3) is 0 Å². The van der Waals surface area contributed by atoms with E-state index in [-0.39, 0.29) is 12.5 Å². The summed E-state index contributed by atoms with van der Waals surface area (Å²) in [6, 6.07) is 10.0. The predicted octanol–water partition coefficient (Wildman–Crippen LogP) is 3.81. The number of hydrogen-bond donors (Lipinski definition) is 2. The third-order valence-electron chi connectivity index (χ3n) is 3.91. The van der Waals surface area contributed by atoms with Gasteiger partial charge in [-0.25, -0.2) is 4.68 Å². The van der Waals surface area contributed by atoms with Crippen LogP contribution in [-0.2, 0) is 4.79 Å². The molecule has 1 saturated carbocycles. The lowest BCUT2D eigenvalue weighted by Crippen LogP contribution is -2.24. The Hall–Kier alpha value is -1.82. The third kappa shape index (κ3) is 3.68. The molecule has 1 fully saturated rings. The van der Waals surface area contributed by atoms with Gasteiger partial charge in [0, 0.05) is 16.2 Å². The molecular weight excluding hydrogens is 344 g/mol. The molecule has 1 heterocycles. The molecule has 1 aliphatic rings. The summed E-state index contributed by atoms with van der Waals surface area (Å²) in [7, 11) is 0. The quantitative estimate of drug-likeness (QED) is 0.849. The standard InChI is InChI=1S/C16H19BrN4O/c17-12-5-7-13(8-6-12)18-11-16(22)20-15-9-10-19-21(15)14-3-1-2-4-14/h5-10,14,18H,1-4,11H2,(H,20,22). The number of rotatable bonds is 5. The van der Waals surface area contributed by atoms with Gasteiger partial charge in [-0.1, -0.05) is 28.8 Å². The lowest BCUT2D eigenvalue weighted by molar-refractivity contribution is -0.114. The second-order valence-electron chi connectivity index (χ2n) is 5.51. The number of halogens is 1. The monoisotopic (exact) mass is 362 g/mol. The molecule has 0 spiro atoms. The summed E-state index contributed by atoms with van der Waals surface area (Å²) in [6.45, 7) is 0.234. The van der Waals surface area contributed by atoms with Crippen LogP contribution in [-0.4, -0.2) is 22.2 Å². The second-order valence-corrected chi connectivity index (χ2v) is 6.42. The minimum Gasteiger partial charge on any atom is -0.376 e. The number of amides is 1. The summed E-state index contributed by atoms with van der Waals surface area (Å²) in [4.78, 5) is 12.1. The van der Waals surface area contributed by atoms with E-state index in [1.807, 2.05) is 35.0 Å². The van der Waals surface area contributed by atoms with Gasteiger partial charge < -0.3 is 10.6 Å². The molecule has 2 aromatic rings. The zero-order valence-electron chi connectivity index (χ0n) is 12.3. The molecule has 22 heavy (non-hydrogen) atoms. The van der Waals surface area contributed by atoms with Gasteiger partial charge in [0.2, 0.25) is 5.91 Å². The first-order valence-corrected chi connectivity index (χ1v) is 8.34. The molecule has 0 aliphatic heterocycles. The topological polar surface area (TPSA) is 59.0 Å². The van der Waals surface area contributed by atoms with Crippen LogP contribution >= 0.6 is 15.9 Å². The van der Waals surface area contributed by atoms with Gasteiger partial charge in [0.1, 0.15) is 5.82 Å². The molecule has 6 heteroatoms. The number of carbonyl (C=O) groups is 1. The second kappa shape index (κ2) is 6.96. The Bertz CT molecular complexity index is 632. The fourth-order valence-electron chi connectivity index (χ4n) is 2.79. The molecule has 5 nitrogen and oxygen atoms in total. The molecule has 2 N–H and O–H groups in total. The molecule has 3 rings (SSSR count). The molecule has 1 aromatic carbocycles. The number of nitrogens with one attached hydrogen (secondary N) is 2. The number of anilines is 2. The Morgan fingerprint density at radius 2 is 1.95 bits per heavy atom. The fraction of sp³-hybridized carbons (Fsp3) is 0.375. The number of hydrogen-bond acceptors (Lipinski definition) is 3. The highest BCUT2D eigenvalue weighted by molar-refractivity contribution is 9.10. The smallest absolute Gasteiger partial charge is 0.244 e. The fourth-order valence-corrected chi connectivity index (χ4v) is 3.05. The molecule has 1 aromatic heterocycles. The van der Waals surface area contributed by atoms with Gasteiger partial charge in [0.05, 0.1) is 18.8 Å². The number of nitrogens with zero attached hydrogens (tertiary/aromatic N) is 2. The average Bonchev–Trinajstić information content (AvgIpc) is 3.17. The summed E-state index contributed by atoms with van der Waals surface area (Å²) in [5.74, 6) is 0.720. The first-order valence-electron chi connectivity index (χ1n) is 7.55. The van der Waals surface area contributed by atoms with Crippen molar-refractivity contribution in [3.05, 3.63) is 41.0 Å². The van der Waals surface area contributed by atoms with Crippen molar-refractivity contribution >= 4 is 33.3 Å². The Morgan fingerprint density at radius 1 is 1.23 bits per heavy atom. The van der Waals surface area contributed by atoms with Gasteiger partial charge in [-0.3, -0.25) is 4.79 Å². The van der Waals surface area contributed by atoms with Crippen molar-refractivity contribution < 1.29 is 4.79 Å². The van der Waals surface area contributed by atoms with E-state index >= 15 is 0 Å². The summed E-state index contributed by atoms with van der Waals surface area (Å²) in [5, 5.41) is 10.4. The Labute approximate surface area is 138 Å². The number of carbonyl (C=O) groups excluding carboxylic acids is 1. The maximum Gasteiger partial charge on any atom is 0.244 e. The molecule has 116 valence electrons. The van der Waals surface area contributed by atoms with Crippen LogP contribution in [0.2, 0.25) is 0 Å². The van der Waals surface area contributed by atoms with Gasteiger partial charge in [-0.2, -0.15) is 5.10 Å². The third-order valence-corrected chi connectivity index (χ3v) is 4.43. The first-order chi connectivity index (χ1) is 10.7. The molecule has 1 amide bonds. The van der Waals surface area contributed by atoms with Crippen LogP contribution in [0.15, 0.2) is 41.0 Å². The van der Waals surface area contributed by atoms with Crippen LogP contribution in [0.5, 0.6) is 0 Å². The van der Waals surface area contributed by atoms with Crippen molar-refractivity contribution in [3.8, 4) is 0 Å². The maximum absolute atomic E-state index is 12.1. The van der Waals surface area contributed by atoms with E-state index in [2.05, 4.69) is 31.7 Å². The zero-order valence-corrected chi connectivity index (χ0v) is 13.8. The van der Waals surface area contributed by atoms with E-state index in [0.717, 1.165) is 28.8 Å². The van der Waals surface area contributed by atoms with E-state index in [1.165, 1.54) is 12.8 Å². The summed E-state index contributed by atoms with van der Waals surface area (Å²) >= 11 is 3.39. The highest BCUT2D eigenvalue weighted by atomic mass is 79.9. The minimum atomic E-state index is -0.0670. The molecule has 0 unspecified atom stereocenters. The molecule has 0 saturated heterocycles. The van der Waals surface area contributed by atoms with Crippen molar-refractivity contribution in [3.63, 3.8) is 0 Å². The van der Waals surface area contributed by atoms with Crippen molar-refractivity contribution in [2.45, 2.75) is 31.7 Å². The van der Waals surface area contributed by atoms with Gasteiger partial charge in [0.15, 0.2) is 0 Å². The van der Waals surface area contributed by atoms with Crippen molar-refractivity contribution in [2.75, 3.05) is 17.2 Å². The van der Waals surface area contributed by atoms with E-state index in [9.17, 15) is 4.79 Å². The van der Waals surface area contributed by atoms with Gasteiger partial charge >= 0.3 is 0 Å². The van der Waals surface area contributed by atoms with Gasteiger partial charge in [-0.15, -0.1) is 0 Å². The van der Waals surface area contributed by atoms with Crippen LogP contribution < -0.4 is 10.6 Å². The van der Waals surface area contributed by atoms with Crippen LogP contribution in [0, 0.1) is 0 Å². The minimum absolute atomic E-state index is 0.0670. The van der Waals surface area contributed by atoms with Crippen LogP contribution in [0.4, 0.5) is 11.5 Å². The molecule has 1 aliphatic carbocycles. The molecule has 0 atom stereocenters. The summed E-state index contributed by atoms with van der Waals surface area (Å²) in [5.41, 5.74) is 0.919. The Kier molecular flexibility index (Phi) is 4.77. The summed E-state index contributed by atoms with van der Waals surface area (Å²) in [6.07, 6.45) is 6.51. The zero-order chi connectivity index (χ0) is 15.4. The maximum atomic E-state index is 12.1. The van der Waals surface area contributed by atoms with E-state index in [0.29, 0.717) is 6.04 Å². The van der Waals surface area contributed by atoms with Crippen molar-refractivity contribution in [1.29, 1.82) is 0 Å². The lowest BCUT2D eigenvalue weighted by Gasteiger charge is -2.15. The first kappa shape index (κ1) is 15.1. The molecule has 0 bridgehead atoms. The highest BCUT2D eigenvalue weighted by Gasteiger charge is 2.20. The van der Waals surface area contributed by atoms with Crippen molar-refractivity contribution in [2.24, 2.45) is 0 Å². The summed E-state index contributed by atoms with van der Waals surface area (Å²) < 4.78 is 2.97. The SMILES string of the molecule is O=C(CNc1ccc(Br)cc1)Nc1ccnn1C1CCCC1. The average molecular weight is 363 g/mol. The van der Waals surface area contributed by atoms with Crippen LogP contribution in [0.3, 0.4) is 0 Å². The Morgan fingerprint density at radius 3 is 2.68 bits per heavy atom. The molecule has 0 radical (unpaired) electrons. The largest absolute Gasteiger partial charge is 0.376 e. The van der Waals surface area contributed by atoms with E-state index < -0.39 is 0 Å². The highest BCUT2D eigenvalue weighted by Crippen LogP contribution is 2.31. The van der Waals surface area contributed by atoms with Crippen LogP contribution in [0.1, 0.15) is 31.7 Å². The van der Waals surface area contributed by atoms with Gasteiger partial charge in [0.25, 0.3) is 0 Å².